The number of amides is 2. The predicted octanol–water partition coefficient (Wildman–Crippen LogP) is 4.92. The zero-order valence-corrected chi connectivity index (χ0v) is 18.0. The third-order valence-electron chi connectivity index (χ3n) is 6.62. The highest BCUT2D eigenvalue weighted by Gasteiger charge is 2.29. The van der Waals surface area contributed by atoms with Crippen LogP contribution in [-0.4, -0.2) is 33.4 Å². The SMILES string of the molecule is C[C@@H]1CCC[C@@H](C)N1C(=O)Cn1cc(/C=C2/C(=O)Nc3ccccc32)c2ccccc21. The van der Waals surface area contributed by atoms with Gasteiger partial charge in [0, 0.05) is 51.6 Å². The van der Waals surface area contributed by atoms with Gasteiger partial charge in [-0.25, -0.2) is 0 Å². The van der Waals surface area contributed by atoms with Gasteiger partial charge >= 0.3 is 0 Å². The number of piperidine rings is 1. The molecule has 1 N–H and O–H groups in total. The van der Waals surface area contributed by atoms with E-state index in [9.17, 15) is 9.59 Å². The topological polar surface area (TPSA) is 54.3 Å². The minimum absolute atomic E-state index is 0.0925. The maximum absolute atomic E-state index is 13.2. The summed E-state index contributed by atoms with van der Waals surface area (Å²) in [5.41, 5.74) is 4.36. The van der Waals surface area contributed by atoms with E-state index < -0.39 is 0 Å². The number of hydrogen-bond donors (Lipinski definition) is 1. The van der Waals surface area contributed by atoms with E-state index in [2.05, 4.69) is 24.1 Å². The average Bonchev–Trinajstić information content (AvgIpc) is 3.26. The Morgan fingerprint density at radius 2 is 1.77 bits per heavy atom. The summed E-state index contributed by atoms with van der Waals surface area (Å²) in [7, 11) is 0. The summed E-state index contributed by atoms with van der Waals surface area (Å²) in [5, 5.41) is 3.97. The number of fused-ring (bicyclic) bond motifs is 2. The molecule has 3 heterocycles. The molecule has 0 spiro atoms. The van der Waals surface area contributed by atoms with Crippen LogP contribution in [0.1, 0.15) is 44.2 Å². The monoisotopic (exact) mass is 413 g/mol. The summed E-state index contributed by atoms with van der Waals surface area (Å²) in [6.45, 7) is 4.60. The summed E-state index contributed by atoms with van der Waals surface area (Å²) < 4.78 is 2.02. The molecule has 5 rings (SSSR count). The molecule has 2 aliphatic rings. The molecule has 0 bridgehead atoms. The van der Waals surface area contributed by atoms with Gasteiger partial charge in [-0.2, -0.15) is 0 Å². The van der Waals surface area contributed by atoms with Crippen molar-refractivity contribution in [1.29, 1.82) is 0 Å². The number of aromatic nitrogens is 1. The Hall–Kier alpha value is -3.34. The van der Waals surface area contributed by atoms with Gasteiger partial charge in [-0.3, -0.25) is 9.59 Å². The Balaban J connectivity index is 1.52. The predicted molar refractivity (Wildman–Crippen MR) is 125 cm³/mol. The van der Waals surface area contributed by atoms with Crippen LogP contribution in [0, 0.1) is 0 Å². The number of para-hydroxylation sites is 2. The van der Waals surface area contributed by atoms with Crippen molar-refractivity contribution in [3.8, 4) is 0 Å². The highest BCUT2D eigenvalue weighted by molar-refractivity contribution is 6.35. The first-order chi connectivity index (χ1) is 15.0. The van der Waals surface area contributed by atoms with Gasteiger partial charge in [-0.15, -0.1) is 0 Å². The molecule has 158 valence electrons. The van der Waals surface area contributed by atoms with Gasteiger partial charge in [-0.1, -0.05) is 36.4 Å². The quantitative estimate of drug-likeness (QED) is 0.620. The molecule has 0 aliphatic carbocycles. The average molecular weight is 414 g/mol. The highest BCUT2D eigenvalue weighted by atomic mass is 16.2. The molecule has 2 amide bonds. The molecule has 0 radical (unpaired) electrons. The molecule has 5 nitrogen and oxygen atoms in total. The second-order valence-corrected chi connectivity index (χ2v) is 8.72. The van der Waals surface area contributed by atoms with Gasteiger partial charge in [0.25, 0.3) is 5.91 Å². The van der Waals surface area contributed by atoms with Crippen molar-refractivity contribution < 1.29 is 9.59 Å². The van der Waals surface area contributed by atoms with Crippen LogP contribution in [0.2, 0.25) is 0 Å². The van der Waals surface area contributed by atoms with Gasteiger partial charge < -0.3 is 14.8 Å². The van der Waals surface area contributed by atoms with Gasteiger partial charge in [0.2, 0.25) is 5.91 Å². The first-order valence-corrected chi connectivity index (χ1v) is 11.0. The van der Waals surface area contributed by atoms with Crippen molar-refractivity contribution in [2.45, 2.75) is 51.7 Å². The molecule has 31 heavy (non-hydrogen) atoms. The maximum atomic E-state index is 13.2. The first kappa shape index (κ1) is 19.6. The number of anilines is 1. The van der Waals surface area contributed by atoms with Crippen LogP contribution in [0.3, 0.4) is 0 Å². The van der Waals surface area contributed by atoms with Crippen molar-refractivity contribution in [3.05, 3.63) is 65.9 Å². The molecule has 1 fully saturated rings. The fourth-order valence-corrected chi connectivity index (χ4v) is 5.10. The van der Waals surface area contributed by atoms with E-state index in [1.54, 1.807) is 0 Å². The molecule has 2 aromatic carbocycles. The van der Waals surface area contributed by atoms with Crippen molar-refractivity contribution in [3.63, 3.8) is 0 Å². The highest BCUT2D eigenvalue weighted by Crippen LogP contribution is 2.34. The second-order valence-electron chi connectivity index (χ2n) is 8.72. The number of hydrogen-bond acceptors (Lipinski definition) is 2. The van der Waals surface area contributed by atoms with E-state index in [-0.39, 0.29) is 23.9 Å². The lowest BCUT2D eigenvalue weighted by molar-refractivity contribution is -0.137. The number of carbonyl (C=O) groups excluding carboxylic acids is 2. The minimum Gasteiger partial charge on any atom is -0.337 e. The smallest absolute Gasteiger partial charge is 0.256 e. The molecule has 5 heteroatoms. The first-order valence-electron chi connectivity index (χ1n) is 11.0. The Kier molecular flexibility index (Phi) is 4.89. The van der Waals surface area contributed by atoms with Crippen LogP contribution in [-0.2, 0) is 16.1 Å². The van der Waals surface area contributed by atoms with E-state index in [1.165, 1.54) is 6.42 Å². The van der Waals surface area contributed by atoms with Gasteiger partial charge in [0.1, 0.15) is 6.54 Å². The number of nitrogens with one attached hydrogen (secondary N) is 1. The summed E-state index contributed by atoms with van der Waals surface area (Å²) in [6, 6.07) is 16.4. The number of nitrogens with zero attached hydrogens (tertiary/aromatic N) is 2. The van der Waals surface area contributed by atoms with Gasteiger partial charge in [0.15, 0.2) is 0 Å². The number of benzene rings is 2. The van der Waals surface area contributed by atoms with Crippen molar-refractivity contribution in [2.24, 2.45) is 0 Å². The summed E-state index contributed by atoms with van der Waals surface area (Å²) in [5.74, 6) is 0.0636. The molecule has 1 saturated heterocycles. The lowest BCUT2D eigenvalue weighted by Crippen LogP contribution is -2.48. The van der Waals surface area contributed by atoms with Crippen LogP contribution in [0.5, 0.6) is 0 Å². The number of carbonyl (C=O) groups is 2. The third kappa shape index (κ3) is 3.44. The van der Waals surface area contributed by atoms with E-state index in [1.807, 2.05) is 65.4 Å². The Labute approximate surface area is 182 Å². The molecular weight excluding hydrogens is 386 g/mol. The van der Waals surface area contributed by atoms with Crippen molar-refractivity contribution in [1.82, 2.24) is 9.47 Å². The maximum Gasteiger partial charge on any atom is 0.256 e. The van der Waals surface area contributed by atoms with Crippen LogP contribution < -0.4 is 5.32 Å². The van der Waals surface area contributed by atoms with Gasteiger partial charge in [-0.05, 0) is 51.3 Å². The molecular formula is C26H27N3O2. The fourth-order valence-electron chi connectivity index (χ4n) is 5.10. The molecule has 2 aliphatic heterocycles. The minimum atomic E-state index is -0.0925. The van der Waals surface area contributed by atoms with Crippen LogP contribution in [0.4, 0.5) is 5.69 Å². The van der Waals surface area contributed by atoms with Crippen molar-refractivity contribution in [2.75, 3.05) is 5.32 Å². The van der Waals surface area contributed by atoms with Crippen LogP contribution >= 0.6 is 0 Å². The number of likely N-dealkylation sites (tertiary alicyclic amines) is 1. The fraction of sp³-hybridized carbons (Fsp3) is 0.308. The third-order valence-corrected chi connectivity index (χ3v) is 6.62. The zero-order chi connectivity index (χ0) is 21.5. The largest absolute Gasteiger partial charge is 0.337 e. The standard InChI is InChI=1S/C26H27N3O2/c1-17-8-7-9-18(2)29(17)25(30)16-28-15-19(20-10-4-6-13-24(20)28)14-22-21-11-3-5-12-23(21)27-26(22)31/h3-6,10-15,17-18H,7-9,16H2,1-2H3,(H,27,31)/b22-14+/t17-,18-/m1/s1. The van der Waals surface area contributed by atoms with E-state index in [0.717, 1.165) is 40.6 Å². The van der Waals surface area contributed by atoms with E-state index in [0.29, 0.717) is 12.1 Å². The Bertz CT molecular complexity index is 1200. The number of rotatable bonds is 3. The molecule has 0 unspecified atom stereocenters. The molecule has 2 atom stereocenters. The molecule has 1 aromatic heterocycles. The summed E-state index contributed by atoms with van der Waals surface area (Å²) in [4.78, 5) is 27.9. The molecule has 0 saturated carbocycles. The summed E-state index contributed by atoms with van der Waals surface area (Å²) in [6.07, 6.45) is 7.25. The Morgan fingerprint density at radius 3 is 2.58 bits per heavy atom. The normalized spacial score (nSPS) is 22.1. The Morgan fingerprint density at radius 1 is 1.06 bits per heavy atom. The second kappa shape index (κ2) is 7.73. The zero-order valence-electron chi connectivity index (χ0n) is 18.0. The summed E-state index contributed by atoms with van der Waals surface area (Å²) >= 11 is 0. The molecule has 3 aromatic rings. The van der Waals surface area contributed by atoms with Gasteiger partial charge in [0.05, 0.1) is 0 Å². The lowest BCUT2D eigenvalue weighted by atomic mass is 9.97. The van der Waals surface area contributed by atoms with E-state index in [4.69, 9.17) is 0 Å². The van der Waals surface area contributed by atoms with Crippen LogP contribution in [0.15, 0.2) is 54.7 Å². The van der Waals surface area contributed by atoms with E-state index >= 15 is 0 Å². The van der Waals surface area contributed by atoms with Crippen LogP contribution in [0.25, 0.3) is 22.6 Å². The van der Waals surface area contributed by atoms with Crippen molar-refractivity contribution >= 4 is 40.1 Å². The lowest BCUT2D eigenvalue weighted by Gasteiger charge is -2.39.